The molecule has 19 heavy (non-hydrogen) atoms. The van der Waals surface area contributed by atoms with Gasteiger partial charge in [-0.3, -0.25) is 0 Å². The van der Waals surface area contributed by atoms with Gasteiger partial charge in [0.15, 0.2) is 0 Å². The van der Waals surface area contributed by atoms with E-state index in [9.17, 15) is 0 Å². The van der Waals surface area contributed by atoms with Crippen LogP contribution in [0.25, 0.3) is 0 Å². The molecular weight excluding hydrogens is 232 g/mol. The zero-order valence-electron chi connectivity index (χ0n) is 14.7. The van der Waals surface area contributed by atoms with E-state index < -0.39 is 0 Å². The molecule has 118 valence electrons. The molecule has 2 nitrogen and oxygen atoms in total. The molecule has 2 heteroatoms. The molecule has 0 amide bonds. The number of rotatable bonds is 0. The average molecular weight is 273 g/mol. The summed E-state index contributed by atoms with van der Waals surface area (Å²) in [5.74, 6) is 0. The third-order valence-corrected chi connectivity index (χ3v) is 3.41. The summed E-state index contributed by atoms with van der Waals surface area (Å²) in [6.45, 7) is 13.3. The molecule has 2 rings (SSSR count). The van der Waals surface area contributed by atoms with Crippen LogP contribution >= 0.6 is 0 Å². The van der Waals surface area contributed by atoms with Gasteiger partial charge in [-0.2, -0.15) is 0 Å². The van der Waals surface area contributed by atoms with E-state index in [1.165, 1.54) is 71.1 Å². The molecule has 0 unspecified atom stereocenters. The van der Waals surface area contributed by atoms with Gasteiger partial charge in [-0.25, -0.2) is 0 Å². The number of nitrogens with zero attached hydrogens (tertiary/aromatic N) is 2. The van der Waals surface area contributed by atoms with Gasteiger partial charge in [-0.1, -0.05) is 47.0 Å². The van der Waals surface area contributed by atoms with Crippen LogP contribution in [0.15, 0.2) is 0 Å². The third kappa shape index (κ3) is 15.9. The van der Waals surface area contributed by atoms with E-state index in [1.54, 1.807) is 0 Å². The molecule has 0 N–H and O–H groups in total. The summed E-state index contributed by atoms with van der Waals surface area (Å²) >= 11 is 0. The Morgan fingerprint density at radius 1 is 0.421 bits per heavy atom. The second-order valence-electron chi connectivity index (χ2n) is 5.08. The fourth-order valence-corrected chi connectivity index (χ4v) is 2.28. The van der Waals surface area contributed by atoms with Gasteiger partial charge in [0.2, 0.25) is 0 Å². The molecule has 2 aliphatic rings. The summed E-state index contributed by atoms with van der Waals surface area (Å²) in [5, 5.41) is 0. The third-order valence-electron chi connectivity index (χ3n) is 3.41. The Labute approximate surface area is 123 Å². The van der Waals surface area contributed by atoms with Gasteiger partial charge in [0, 0.05) is 0 Å². The van der Waals surface area contributed by atoms with E-state index in [-0.39, 0.29) is 0 Å². The van der Waals surface area contributed by atoms with Gasteiger partial charge in [0.1, 0.15) is 0 Å². The Morgan fingerprint density at radius 2 is 0.632 bits per heavy atom. The summed E-state index contributed by atoms with van der Waals surface area (Å²) in [4.78, 5) is 4.82. The van der Waals surface area contributed by atoms with Gasteiger partial charge in [-0.15, -0.1) is 0 Å². The van der Waals surface area contributed by atoms with Crippen LogP contribution in [0.4, 0.5) is 0 Å². The summed E-state index contributed by atoms with van der Waals surface area (Å²) in [6.07, 6.45) is 10.00. The first-order valence-electron chi connectivity index (χ1n) is 8.66. The second-order valence-corrected chi connectivity index (χ2v) is 5.08. The van der Waals surface area contributed by atoms with Crippen LogP contribution in [0.3, 0.4) is 0 Å². The number of hydrogen-bond acceptors (Lipinski definition) is 2. The van der Waals surface area contributed by atoms with Crippen molar-refractivity contribution in [2.75, 3.05) is 40.3 Å². The van der Waals surface area contributed by atoms with Crippen LogP contribution in [0.2, 0.25) is 0 Å². The normalized spacial score (nSPS) is 20.5. The second kappa shape index (κ2) is 17.9. The van der Waals surface area contributed by atoms with Crippen LogP contribution in [0.1, 0.15) is 72.6 Å². The van der Waals surface area contributed by atoms with Gasteiger partial charge >= 0.3 is 0 Å². The quantitative estimate of drug-likeness (QED) is 0.633. The number of piperidine rings is 1. The molecule has 2 aliphatic heterocycles. The fourth-order valence-electron chi connectivity index (χ4n) is 2.28. The zero-order chi connectivity index (χ0) is 14.9. The maximum Gasteiger partial charge on any atom is -0.00218 e. The summed E-state index contributed by atoms with van der Waals surface area (Å²) in [6, 6.07) is 0. The molecule has 0 atom stereocenters. The molecule has 0 saturated carbocycles. The number of hydrogen-bond donors (Lipinski definition) is 0. The highest BCUT2D eigenvalue weighted by Gasteiger charge is 2.02. The Morgan fingerprint density at radius 3 is 0.895 bits per heavy atom. The van der Waals surface area contributed by atoms with E-state index in [1.807, 2.05) is 27.7 Å². The standard InChI is InChI=1S/C7H15N.C6H13N.2C2H6/c1-8-6-4-2-3-5-7-8;1-7-5-3-2-4-6-7;2*1-2/h2-7H2,1H3;2-6H2,1H3;2*1-2H3. The van der Waals surface area contributed by atoms with E-state index in [0.29, 0.717) is 0 Å². The first-order chi connectivity index (χ1) is 9.29. The minimum Gasteiger partial charge on any atom is -0.306 e. The largest absolute Gasteiger partial charge is 0.306 e. The molecule has 0 aliphatic carbocycles. The monoisotopic (exact) mass is 272 g/mol. The highest BCUT2D eigenvalue weighted by atomic mass is 15.1. The van der Waals surface area contributed by atoms with Crippen molar-refractivity contribution >= 4 is 0 Å². The van der Waals surface area contributed by atoms with Crippen molar-refractivity contribution in [2.24, 2.45) is 0 Å². The molecular formula is C17H40N2. The molecule has 0 radical (unpaired) electrons. The predicted molar refractivity (Wildman–Crippen MR) is 90.0 cm³/mol. The van der Waals surface area contributed by atoms with Gasteiger partial charge in [-0.05, 0) is 66.0 Å². The zero-order valence-corrected chi connectivity index (χ0v) is 14.7. The summed E-state index contributed by atoms with van der Waals surface area (Å²) in [5.41, 5.74) is 0. The lowest BCUT2D eigenvalue weighted by Crippen LogP contribution is -2.24. The maximum absolute atomic E-state index is 2.42. The highest BCUT2D eigenvalue weighted by Crippen LogP contribution is 2.06. The Balaban J connectivity index is 0. The van der Waals surface area contributed by atoms with E-state index in [4.69, 9.17) is 0 Å². The smallest absolute Gasteiger partial charge is 0.00218 e. The van der Waals surface area contributed by atoms with Crippen molar-refractivity contribution in [2.45, 2.75) is 72.6 Å². The van der Waals surface area contributed by atoms with Crippen molar-refractivity contribution in [1.82, 2.24) is 9.80 Å². The van der Waals surface area contributed by atoms with E-state index in [2.05, 4.69) is 23.9 Å². The number of likely N-dealkylation sites (tertiary alicyclic amines) is 2. The van der Waals surface area contributed by atoms with E-state index >= 15 is 0 Å². The van der Waals surface area contributed by atoms with Gasteiger partial charge in [0.05, 0.1) is 0 Å². The molecule has 2 saturated heterocycles. The van der Waals surface area contributed by atoms with E-state index in [0.717, 1.165) is 0 Å². The maximum atomic E-state index is 2.42. The minimum absolute atomic E-state index is 1.32. The Kier molecular flexibility index (Phi) is 20.0. The van der Waals surface area contributed by atoms with Crippen LogP contribution in [-0.4, -0.2) is 50.1 Å². The molecule has 0 aromatic heterocycles. The average Bonchev–Trinajstić information content (AvgIpc) is 2.72. The van der Waals surface area contributed by atoms with Crippen LogP contribution in [-0.2, 0) is 0 Å². The highest BCUT2D eigenvalue weighted by molar-refractivity contribution is 4.58. The first-order valence-corrected chi connectivity index (χ1v) is 8.66. The van der Waals surface area contributed by atoms with Crippen LogP contribution in [0, 0.1) is 0 Å². The van der Waals surface area contributed by atoms with Crippen molar-refractivity contribution in [3.05, 3.63) is 0 Å². The minimum atomic E-state index is 1.32. The van der Waals surface area contributed by atoms with Gasteiger partial charge in [0.25, 0.3) is 0 Å². The molecule has 0 aromatic rings. The fraction of sp³-hybridized carbons (Fsp3) is 1.00. The Bertz CT molecular complexity index is 134. The summed E-state index contributed by atoms with van der Waals surface area (Å²) in [7, 11) is 4.41. The van der Waals surface area contributed by atoms with Crippen molar-refractivity contribution in [1.29, 1.82) is 0 Å². The molecule has 2 fully saturated rings. The van der Waals surface area contributed by atoms with Gasteiger partial charge < -0.3 is 9.80 Å². The Hall–Kier alpha value is -0.0800. The van der Waals surface area contributed by atoms with Crippen molar-refractivity contribution < 1.29 is 0 Å². The predicted octanol–water partition coefficient (Wildman–Crippen LogP) is 4.65. The summed E-state index contributed by atoms with van der Waals surface area (Å²) < 4.78 is 0. The lowest BCUT2D eigenvalue weighted by Gasteiger charge is -2.20. The topological polar surface area (TPSA) is 6.48 Å². The van der Waals surface area contributed by atoms with Crippen LogP contribution in [0.5, 0.6) is 0 Å². The SMILES string of the molecule is CC.CC.CN1CCCCC1.CN1CCCCCC1. The molecule has 0 bridgehead atoms. The first kappa shape index (κ1) is 21.2. The lowest BCUT2D eigenvalue weighted by molar-refractivity contribution is 0.277. The molecule has 0 spiro atoms. The van der Waals surface area contributed by atoms with Crippen molar-refractivity contribution in [3.8, 4) is 0 Å². The lowest BCUT2D eigenvalue weighted by atomic mass is 10.1. The van der Waals surface area contributed by atoms with Crippen LogP contribution < -0.4 is 0 Å². The molecule has 0 aromatic carbocycles. The molecule has 2 heterocycles. The van der Waals surface area contributed by atoms with Crippen molar-refractivity contribution in [3.63, 3.8) is 0 Å².